The van der Waals surface area contributed by atoms with Crippen LogP contribution in [0.25, 0.3) is 0 Å². The van der Waals surface area contributed by atoms with Crippen LogP contribution < -0.4 is 11.1 Å². The molecule has 0 aromatic heterocycles. The first kappa shape index (κ1) is 19.2. The molecule has 1 heterocycles. The van der Waals surface area contributed by atoms with Crippen molar-refractivity contribution in [1.29, 1.82) is 0 Å². The average molecular weight is 378 g/mol. The molecule has 1 saturated carbocycles. The molecule has 1 aromatic carbocycles. The Bertz CT molecular complexity index is 686. The van der Waals surface area contributed by atoms with E-state index in [-0.39, 0.29) is 17.9 Å². The van der Waals surface area contributed by atoms with Crippen molar-refractivity contribution in [1.82, 2.24) is 10.2 Å². The summed E-state index contributed by atoms with van der Waals surface area (Å²) >= 11 is 6.07. The molecule has 0 radical (unpaired) electrons. The summed E-state index contributed by atoms with van der Waals surface area (Å²) < 4.78 is 0. The second kappa shape index (κ2) is 7.57. The van der Waals surface area contributed by atoms with E-state index >= 15 is 0 Å². The van der Waals surface area contributed by atoms with Gasteiger partial charge in [0.2, 0.25) is 5.91 Å². The van der Waals surface area contributed by atoms with Crippen LogP contribution >= 0.6 is 11.6 Å². The smallest absolute Gasteiger partial charge is 0.254 e. The number of rotatable bonds is 4. The highest BCUT2D eigenvalue weighted by molar-refractivity contribution is 6.31. The van der Waals surface area contributed by atoms with E-state index in [1.54, 1.807) is 24.3 Å². The van der Waals surface area contributed by atoms with Gasteiger partial charge < -0.3 is 16.0 Å². The Balaban J connectivity index is 1.84. The van der Waals surface area contributed by atoms with Gasteiger partial charge in [0.1, 0.15) is 6.04 Å². The van der Waals surface area contributed by atoms with E-state index in [0.29, 0.717) is 23.0 Å². The average Bonchev–Trinajstić information content (AvgIpc) is 2.98. The molecule has 3 rings (SSSR count). The lowest BCUT2D eigenvalue weighted by atomic mass is 9.84. The number of carbonyl (C=O) groups excluding carboxylic acids is 2. The zero-order valence-corrected chi connectivity index (χ0v) is 16.3. The van der Waals surface area contributed by atoms with Crippen LogP contribution in [-0.4, -0.2) is 40.9 Å². The van der Waals surface area contributed by atoms with Crippen molar-refractivity contribution in [3.05, 3.63) is 34.9 Å². The molecule has 26 heavy (non-hydrogen) atoms. The molecule has 1 saturated heterocycles. The van der Waals surface area contributed by atoms with Crippen molar-refractivity contribution in [3.8, 4) is 0 Å². The van der Waals surface area contributed by atoms with E-state index in [1.165, 1.54) is 6.42 Å². The topological polar surface area (TPSA) is 75.4 Å². The molecule has 3 atom stereocenters. The van der Waals surface area contributed by atoms with Crippen molar-refractivity contribution in [3.63, 3.8) is 0 Å². The van der Waals surface area contributed by atoms with Gasteiger partial charge >= 0.3 is 0 Å². The van der Waals surface area contributed by atoms with Gasteiger partial charge in [-0.3, -0.25) is 9.59 Å². The van der Waals surface area contributed by atoms with Crippen molar-refractivity contribution in [2.75, 3.05) is 6.54 Å². The Labute approximate surface area is 160 Å². The monoisotopic (exact) mass is 377 g/mol. The second-order valence-electron chi connectivity index (χ2n) is 8.29. The van der Waals surface area contributed by atoms with E-state index in [0.717, 1.165) is 25.7 Å². The fourth-order valence-electron chi connectivity index (χ4n) is 4.19. The lowest BCUT2D eigenvalue weighted by molar-refractivity contribution is -0.125. The lowest BCUT2D eigenvalue weighted by Gasteiger charge is -2.34. The number of hydrogen-bond donors (Lipinski definition) is 2. The molecular weight excluding hydrogens is 350 g/mol. The summed E-state index contributed by atoms with van der Waals surface area (Å²) in [6, 6.07) is 6.67. The van der Waals surface area contributed by atoms with Gasteiger partial charge in [0.05, 0.1) is 0 Å². The number of amides is 2. The summed E-state index contributed by atoms with van der Waals surface area (Å²) in [5.41, 5.74) is 6.05. The molecule has 0 spiro atoms. The molecule has 142 valence electrons. The number of hydrogen-bond acceptors (Lipinski definition) is 3. The highest BCUT2D eigenvalue weighted by Gasteiger charge is 2.47. The van der Waals surface area contributed by atoms with Gasteiger partial charge in [0, 0.05) is 28.7 Å². The quantitative estimate of drug-likeness (QED) is 0.846. The van der Waals surface area contributed by atoms with Gasteiger partial charge in [-0.25, -0.2) is 0 Å². The maximum absolute atomic E-state index is 13.2. The number of likely N-dealkylation sites (tertiary alicyclic amines) is 1. The fourth-order valence-corrected chi connectivity index (χ4v) is 4.38. The number of nitrogens with one attached hydrogen (secondary N) is 1. The van der Waals surface area contributed by atoms with E-state index in [2.05, 4.69) is 5.32 Å². The first-order valence-corrected chi connectivity index (χ1v) is 9.79. The summed E-state index contributed by atoms with van der Waals surface area (Å²) in [6.45, 7) is 4.13. The predicted molar refractivity (Wildman–Crippen MR) is 103 cm³/mol. The first-order valence-electron chi connectivity index (χ1n) is 9.41. The van der Waals surface area contributed by atoms with Gasteiger partial charge in [-0.15, -0.1) is 0 Å². The van der Waals surface area contributed by atoms with E-state index in [1.807, 2.05) is 18.7 Å². The zero-order chi connectivity index (χ0) is 18.9. The third-order valence-electron chi connectivity index (χ3n) is 5.42. The molecule has 1 aliphatic carbocycles. The predicted octanol–water partition coefficient (Wildman–Crippen LogP) is 2.97. The highest BCUT2D eigenvalue weighted by Crippen LogP contribution is 2.40. The largest absolute Gasteiger partial charge is 0.352 e. The molecule has 2 aliphatic rings. The van der Waals surface area contributed by atoms with Crippen LogP contribution in [0.1, 0.15) is 56.3 Å². The Hall–Kier alpha value is -1.59. The standard InChI is InChI=1S/C20H28ClN3O2/c1-20(2,22)12-23-18(25)17-11-13-6-3-4-9-16(13)24(17)19(26)14-7-5-8-15(21)10-14/h5,7-8,10,13,16-17H,3-4,6,9,11-12,22H2,1-2H3,(H,23,25). The van der Waals surface area contributed by atoms with Crippen LogP contribution in [0.5, 0.6) is 0 Å². The SMILES string of the molecule is CC(C)(N)CNC(=O)C1CC2CCCCC2N1C(=O)c1cccc(Cl)c1. The van der Waals surface area contributed by atoms with Crippen LogP contribution in [-0.2, 0) is 4.79 Å². The Morgan fingerprint density at radius 3 is 2.73 bits per heavy atom. The lowest BCUT2D eigenvalue weighted by Crippen LogP contribution is -2.53. The number of nitrogens with two attached hydrogens (primary N) is 1. The van der Waals surface area contributed by atoms with Gasteiger partial charge in [0.25, 0.3) is 5.91 Å². The third kappa shape index (κ3) is 4.21. The van der Waals surface area contributed by atoms with Crippen molar-refractivity contribution >= 4 is 23.4 Å². The fraction of sp³-hybridized carbons (Fsp3) is 0.600. The summed E-state index contributed by atoms with van der Waals surface area (Å²) in [5.74, 6) is 0.191. The molecule has 3 N–H and O–H groups in total. The number of benzene rings is 1. The zero-order valence-electron chi connectivity index (χ0n) is 15.5. The number of fused-ring (bicyclic) bond motifs is 1. The van der Waals surface area contributed by atoms with E-state index in [4.69, 9.17) is 17.3 Å². The van der Waals surface area contributed by atoms with Crippen LogP contribution in [0.4, 0.5) is 0 Å². The summed E-state index contributed by atoms with van der Waals surface area (Å²) in [4.78, 5) is 27.9. The molecule has 2 amide bonds. The first-order chi connectivity index (χ1) is 12.3. The Morgan fingerprint density at radius 2 is 2.04 bits per heavy atom. The minimum Gasteiger partial charge on any atom is -0.352 e. The van der Waals surface area contributed by atoms with Gasteiger partial charge in [-0.05, 0) is 57.2 Å². The van der Waals surface area contributed by atoms with Crippen molar-refractivity contribution in [2.45, 2.75) is 63.6 Å². The van der Waals surface area contributed by atoms with Crippen LogP contribution in [0.2, 0.25) is 5.02 Å². The minimum absolute atomic E-state index is 0.103. The third-order valence-corrected chi connectivity index (χ3v) is 5.65. The Morgan fingerprint density at radius 1 is 1.31 bits per heavy atom. The number of carbonyl (C=O) groups is 2. The molecule has 3 unspecified atom stereocenters. The molecular formula is C20H28ClN3O2. The van der Waals surface area contributed by atoms with Crippen LogP contribution in [0.3, 0.4) is 0 Å². The number of halogens is 1. The van der Waals surface area contributed by atoms with Crippen LogP contribution in [0.15, 0.2) is 24.3 Å². The van der Waals surface area contributed by atoms with Gasteiger partial charge in [0.15, 0.2) is 0 Å². The van der Waals surface area contributed by atoms with Crippen molar-refractivity contribution in [2.24, 2.45) is 11.7 Å². The molecule has 5 nitrogen and oxygen atoms in total. The normalized spacial score (nSPS) is 25.7. The molecule has 2 fully saturated rings. The maximum atomic E-state index is 13.2. The molecule has 1 aromatic rings. The second-order valence-corrected chi connectivity index (χ2v) is 8.73. The van der Waals surface area contributed by atoms with Gasteiger partial charge in [-0.2, -0.15) is 0 Å². The Kier molecular flexibility index (Phi) is 5.58. The molecule has 1 aliphatic heterocycles. The minimum atomic E-state index is -0.483. The van der Waals surface area contributed by atoms with Crippen molar-refractivity contribution < 1.29 is 9.59 Å². The summed E-state index contributed by atoms with van der Waals surface area (Å²) in [6.07, 6.45) is 5.04. The molecule has 0 bridgehead atoms. The van der Waals surface area contributed by atoms with E-state index < -0.39 is 11.6 Å². The summed E-state index contributed by atoms with van der Waals surface area (Å²) in [5, 5.41) is 3.47. The maximum Gasteiger partial charge on any atom is 0.254 e. The highest BCUT2D eigenvalue weighted by atomic mass is 35.5. The number of nitrogens with zero attached hydrogens (tertiary/aromatic N) is 1. The summed E-state index contributed by atoms with van der Waals surface area (Å²) in [7, 11) is 0. The van der Waals surface area contributed by atoms with E-state index in [9.17, 15) is 9.59 Å². The van der Waals surface area contributed by atoms with Gasteiger partial charge in [-0.1, -0.05) is 30.5 Å². The van der Waals surface area contributed by atoms with Crippen LogP contribution in [0, 0.1) is 5.92 Å². The molecule has 6 heteroatoms.